The molecule has 1 aliphatic carbocycles. The summed E-state index contributed by atoms with van der Waals surface area (Å²) >= 11 is 0. The maximum absolute atomic E-state index is 13.2. The van der Waals surface area contributed by atoms with E-state index in [0.29, 0.717) is 30.1 Å². The van der Waals surface area contributed by atoms with Gasteiger partial charge in [0.25, 0.3) is 0 Å². The monoisotopic (exact) mass is 413 g/mol. The van der Waals surface area contributed by atoms with Gasteiger partial charge in [-0.05, 0) is 80.8 Å². The minimum atomic E-state index is -3.60. The van der Waals surface area contributed by atoms with E-state index in [1.54, 1.807) is 12.1 Å². The average molecular weight is 414 g/mol. The highest BCUT2D eigenvalue weighted by atomic mass is 32.2. The number of piperidine rings is 1. The van der Waals surface area contributed by atoms with Crippen LogP contribution < -0.4 is 5.32 Å². The molecule has 7 heteroatoms. The van der Waals surface area contributed by atoms with Gasteiger partial charge in [0, 0.05) is 18.8 Å². The third-order valence-electron chi connectivity index (χ3n) is 5.85. The summed E-state index contributed by atoms with van der Waals surface area (Å²) in [5.74, 6) is -0.0448. The summed E-state index contributed by atoms with van der Waals surface area (Å²) in [6.07, 6.45) is 5.58. The molecule has 0 radical (unpaired) electrons. The van der Waals surface area contributed by atoms with Gasteiger partial charge in [0.05, 0.1) is 10.8 Å². The Labute approximate surface area is 172 Å². The van der Waals surface area contributed by atoms with Gasteiger partial charge < -0.3 is 5.32 Å². The number of hydrogen-bond donors (Lipinski definition) is 1. The standard InChI is InChI=1S/C22H27N3O3S/c1-16-6-4-10-21(23-16)24-22(26)19-9-5-13-25(15-19)29(27,28)20-12-11-17-7-2-3-8-18(17)14-20/h4,6,10-12,14,19H,2-3,5,7-9,13,15H2,1H3,(H,23,24,26). The van der Waals surface area contributed by atoms with E-state index in [0.717, 1.165) is 36.9 Å². The van der Waals surface area contributed by atoms with Crippen molar-refractivity contribution in [3.8, 4) is 0 Å². The lowest BCUT2D eigenvalue weighted by Crippen LogP contribution is -2.43. The van der Waals surface area contributed by atoms with Crippen molar-refractivity contribution in [2.45, 2.75) is 50.3 Å². The van der Waals surface area contributed by atoms with Crippen molar-refractivity contribution in [2.75, 3.05) is 18.4 Å². The van der Waals surface area contributed by atoms with Crippen molar-refractivity contribution >= 4 is 21.7 Å². The molecule has 0 spiro atoms. The second-order valence-electron chi connectivity index (χ2n) is 7.99. The highest BCUT2D eigenvalue weighted by Gasteiger charge is 2.33. The molecule has 1 unspecified atom stereocenters. The number of benzene rings is 1. The van der Waals surface area contributed by atoms with Gasteiger partial charge in [-0.2, -0.15) is 4.31 Å². The zero-order chi connectivity index (χ0) is 20.4. The van der Waals surface area contributed by atoms with Crippen molar-refractivity contribution in [3.05, 3.63) is 53.2 Å². The lowest BCUT2D eigenvalue weighted by atomic mass is 9.92. The van der Waals surface area contributed by atoms with E-state index in [1.165, 1.54) is 9.87 Å². The number of rotatable bonds is 4. The molecular formula is C22H27N3O3S. The van der Waals surface area contributed by atoms with E-state index < -0.39 is 10.0 Å². The fraction of sp³-hybridized carbons (Fsp3) is 0.455. The lowest BCUT2D eigenvalue weighted by Gasteiger charge is -2.31. The van der Waals surface area contributed by atoms with Crippen LogP contribution in [0, 0.1) is 12.8 Å². The average Bonchev–Trinajstić information content (AvgIpc) is 2.73. The van der Waals surface area contributed by atoms with Crippen LogP contribution in [0.3, 0.4) is 0 Å². The van der Waals surface area contributed by atoms with Gasteiger partial charge in [0.15, 0.2) is 0 Å². The van der Waals surface area contributed by atoms with Gasteiger partial charge in [-0.3, -0.25) is 4.79 Å². The highest BCUT2D eigenvalue weighted by Crippen LogP contribution is 2.28. The Morgan fingerprint density at radius 3 is 2.69 bits per heavy atom. The number of anilines is 1. The molecule has 6 nitrogen and oxygen atoms in total. The Balaban J connectivity index is 1.49. The minimum absolute atomic E-state index is 0.173. The molecule has 2 aromatic rings. The van der Waals surface area contributed by atoms with Crippen LogP contribution in [-0.4, -0.2) is 36.7 Å². The molecule has 1 amide bonds. The molecule has 1 aromatic heterocycles. The van der Waals surface area contributed by atoms with Crippen molar-refractivity contribution in [3.63, 3.8) is 0 Å². The van der Waals surface area contributed by atoms with Gasteiger partial charge in [0.1, 0.15) is 5.82 Å². The molecule has 1 atom stereocenters. The summed E-state index contributed by atoms with van der Waals surface area (Å²) in [4.78, 5) is 17.4. The number of aryl methyl sites for hydroxylation is 3. The van der Waals surface area contributed by atoms with Crippen LogP contribution in [0.15, 0.2) is 41.3 Å². The van der Waals surface area contributed by atoms with Crippen LogP contribution >= 0.6 is 0 Å². The summed E-state index contributed by atoms with van der Waals surface area (Å²) in [5, 5.41) is 2.83. The molecule has 1 aromatic carbocycles. The number of sulfonamides is 1. The number of fused-ring (bicyclic) bond motifs is 1. The second kappa shape index (κ2) is 8.24. The quantitative estimate of drug-likeness (QED) is 0.834. The fourth-order valence-electron chi connectivity index (χ4n) is 4.24. The summed E-state index contributed by atoms with van der Waals surface area (Å²) in [7, 11) is -3.60. The zero-order valence-electron chi connectivity index (χ0n) is 16.7. The molecule has 0 saturated carbocycles. The third-order valence-corrected chi connectivity index (χ3v) is 7.71. The van der Waals surface area contributed by atoms with Gasteiger partial charge in [-0.25, -0.2) is 13.4 Å². The maximum atomic E-state index is 13.2. The normalized spacial score (nSPS) is 20.1. The first-order chi connectivity index (χ1) is 13.9. The summed E-state index contributed by atoms with van der Waals surface area (Å²) in [5.41, 5.74) is 3.23. The first-order valence-corrected chi connectivity index (χ1v) is 11.7. The van der Waals surface area contributed by atoms with E-state index in [2.05, 4.69) is 10.3 Å². The molecule has 29 heavy (non-hydrogen) atoms. The molecule has 154 valence electrons. The molecule has 1 aliphatic heterocycles. The van der Waals surface area contributed by atoms with Crippen molar-refractivity contribution in [1.82, 2.24) is 9.29 Å². The molecule has 1 N–H and O–H groups in total. The molecule has 1 saturated heterocycles. The molecule has 2 heterocycles. The molecule has 4 rings (SSSR count). The van der Waals surface area contributed by atoms with Crippen LogP contribution in [0.25, 0.3) is 0 Å². The zero-order valence-corrected chi connectivity index (χ0v) is 17.5. The summed E-state index contributed by atoms with van der Waals surface area (Å²) < 4.78 is 27.9. The summed E-state index contributed by atoms with van der Waals surface area (Å²) in [6, 6.07) is 11.0. The van der Waals surface area contributed by atoms with Crippen LogP contribution in [0.5, 0.6) is 0 Å². The van der Waals surface area contributed by atoms with Crippen LogP contribution in [0.4, 0.5) is 5.82 Å². The van der Waals surface area contributed by atoms with E-state index >= 15 is 0 Å². The molecular weight excluding hydrogens is 386 g/mol. The molecule has 2 aliphatic rings. The van der Waals surface area contributed by atoms with Gasteiger partial charge in [-0.1, -0.05) is 12.1 Å². The molecule has 1 fully saturated rings. The first kappa shape index (κ1) is 20.0. The van der Waals surface area contributed by atoms with E-state index in [9.17, 15) is 13.2 Å². The summed E-state index contributed by atoms with van der Waals surface area (Å²) in [6.45, 7) is 2.52. The number of hydrogen-bond acceptors (Lipinski definition) is 4. The number of pyridine rings is 1. The van der Waals surface area contributed by atoms with Gasteiger partial charge in [0.2, 0.25) is 15.9 Å². The van der Waals surface area contributed by atoms with Crippen molar-refractivity contribution in [2.24, 2.45) is 5.92 Å². The number of nitrogens with one attached hydrogen (secondary N) is 1. The number of carbonyl (C=O) groups excluding carboxylic acids is 1. The Morgan fingerprint density at radius 1 is 1.10 bits per heavy atom. The van der Waals surface area contributed by atoms with E-state index in [4.69, 9.17) is 0 Å². The topological polar surface area (TPSA) is 79.4 Å². The number of carbonyl (C=O) groups is 1. The Kier molecular flexibility index (Phi) is 5.69. The third kappa shape index (κ3) is 4.36. The maximum Gasteiger partial charge on any atom is 0.243 e. The van der Waals surface area contributed by atoms with Crippen LogP contribution in [0.1, 0.15) is 42.5 Å². The predicted octanol–water partition coefficient (Wildman–Crippen LogP) is 3.31. The largest absolute Gasteiger partial charge is 0.310 e. The Bertz CT molecular complexity index is 1020. The fourth-order valence-corrected chi connectivity index (χ4v) is 5.81. The van der Waals surface area contributed by atoms with Gasteiger partial charge in [-0.15, -0.1) is 0 Å². The number of amides is 1. The van der Waals surface area contributed by atoms with E-state index in [-0.39, 0.29) is 18.4 Å². The number of aromatic nitrogens is 1. The number of nitrogens with zero attached hydrogens (tertiary/aromatic N) is 2. The van der Waals surface area contributed by atoms with Crippen molar-refractivity contribution < 1.29 is 13.2 Å². The van der Waals surface area contributed by atoms with Gasteiger partial charge >= 0.3 is 0 Å². The van der Waals surface area contributed by atoms with Crippen LogP contribution in [0.2, 0.25) is 0 Å². The SMILES string of the molecule is Cc1cccc(NC(=O)C2CCCN(S(=O)(=O)c3ccc4c(c3)CCCC4)C2)n1. The van der Waals surface area contributed by atoms with E-state index in [1.807, 2.05) is 31.2 Å². The Morgan fingerprint density at radius 2 is 1.90 bits per heavy atom. The lowest BCUT2D eigenvalue weighted by molar-refractivity contribution is -0.120. The predicted molar refractivity (Wildman–Crippen MR) is 112 cm³/mol. The Hall–Kier alpha value is -2.25. The smallest absolute Gasteiger partial charge is 0.243 e. The van der Waals surface area contributed by atoms with Crippen LogP contribution in [-0.2, 0) is 27.7 Å². The first-order valence-electron chi connectivity index (χ1n) is 10.3. The second-order valence-corrected chi connectivity index (χ2v) is 9.93. The van der Waals surface area contributed by atoms with Crippen molar-refractivity contribution in [1.29, 1.82) is 0 Å². The highest BCUT2D eigenvalue weighted by molar-refractivity contribution is 7.89. The molecule has 0 bridgehead atoms. The minimum Gasteiger partial charge on any atom is -0.310 e.